The molecule has 0 aliphatic carbocycles. The second kappa shape index (κ2) is 8.20. The van der Waals surface area contributed by atoms with Crippen molar-refractivity contribution >= 4 is 23.4 Å². The van der Waals surface area contributed by atoms with E-state index in [1.165, 1.54) is 0 Å². The summed E-state index contributed by atoms with van der Waals surface area (Å²) < 4.78 is 1.83. The molecule has 152 valence electrons. The summed E-state index contributed by atoms with van der Waals surface area (Å²) in [7, 11) is 1.85. The lowest BCUT2D eigenvalue weighted by atomic mass is 10.1. The summed E-state index contributed by atoms with van der Waals surface area (Å²) in [5.41, 5.74) is 1.66. The second-order valence-electron chi connectivity index (χ2n) is 7.07. The first-order chi connectivity index (χ1) is 14.5. The number of fused-ring (bicyclic) bond motifs is 1. The molecule has 2 unspecified atom stereocenters. The van der Waals surface area contributed by atoms with E-state index >= 15 is 0 Å². The molecule has 0 bridgehead atoms. The average molecular weight is 403 g/mol. The van der Waals surface area contributed by atoms with Gasteiger partial charge in [-0.05, 0) is 17.7 Å². The zero-order valence-corrected chi connectivity index (χ0v) is 16.3. The van der Waals surface area contributed by atoms with Crippen molar-refractivity contribution in [2.75, 3.05) is 5.32 Å². The van der Waals surface area contributed by atoms with E-state index in [1.54, 1.807) is 36.7 Å². The van der Waals surface area contributed by atoms with E-state index in [1.807, 2.05) is 41.9 Å². The van der Waals surface area contributed by atoms with Crippen LogP contribution in [0.2, 0.25) is 0 Å². The molecule has 8 heteroatoms. The molecule has 2 heterocycles. The zero-order valence-electron chi connectivity index (χ0n) is 16.3. The number of nitrogens with one attached hydrogen (secondary N) is 3. The summed E-state index contributed by atoms with van der Waals surface area (Å²) in [6.45, 7) is 0. The Balaban J connectivity index is 1.52. The van der Waals surface area contributed by atoms with Crippen molar-refractivity contribution in [1.29, 1.82) is 0 Å². The number of para-hydroxylation sites is 1. The van der Waals surface area contributed by atoms with E-state index in [9.17, 15) is 14.4 Å². The number of amides is 3. The van der Waals surface area contributed by atoms with Crippen LogP contribution in [0, 0.1) is 0 Å². The first kappa shape index (κ1) is 19.4. The number of aryl methyl sites for hydroxylation is 1. The Hall–Kier alpha value is -3.94. The second-order valence-corrected chi connectivity index (χ2v) is 7.07. The molecule has 1 aromatic heterocycles. The first-order valence-corrected chi connectivity index (χ1v) is 9.55. The highest BCUT2D eigenvalue weighted by molar-refractivity contribution is 6.10. The monoisotopic (exact) mass is 403 g/mol. The lowest BCUT2D eigenvalue weighted by molar-refractivity contribution is -0.126. The lowest BCUT2D eigenvalue weighted by Crippen LogP contribution is -2.45. The molecule has 4 rings (SSSR count). The normalized spacial score (nSPS) is 16.6. The summed E-state index contributed by atoms with van der Waals surface area (Å²) >= 11 is 0. The van der Waals surface area contributed by atoms with Crippen LogP contribution in [0.15, 0.2) is 67.0 Å². The van der Waals surface area contributed by atoms with Gasteiger partial charge < -0.3 is 20.5 Å². The third kappa shape index (κ3) is 3.93. The number of anilines is 1. The highest BCUT2D eigenvalue weighted by atomic mass is 16.2. The van der Waals surface area contributed by atoms with Gasteiger partial charge in [-0.3, -0.25) is 14.4 Å². The Labute approximate surface area is 173 Å². The average Bonchev–Trinajstić information content (AvgIpc) is 3.13. The number of carbonyl (C=O) groups is 3. The smallest absolute Gasteiger partial charge is 0.254 e. The number of hydrogen-bond donors (Lipinski definition) is 3. The molecule has 3 amide bonds. The van der Waals surface area contributed by atoms with Gasteiger partial charge in [-0.2, -0.15) is 0 Å². The van der Waals surface area contributed by atoms with Gasteiger partial charge in [-0.1, -0.05) is 42.5 Å². The van der Waals surface area contributed by atoms with Gasteiger partial charge in [0.2, 0.25) is 11.8 Å². The zero-order chi connectivity index (χ0) is 21.1. The minimum atomic E-state index is -0.984. The van der Waals surface area contributed by atoms with Crippen LogP contribution >= 0.6 is 0 Å². The molecule has 0 radical (unpaired) electrons. The molecule has 2 atom stereocenters. The van der Waals surface area contributed by atoms with Crippen LogP contribution < -0.4 is 16.0 Å². The van der Waals surface area contributed by atoms with E-state index in [2.05, 4.69) is 20.9 Å². The largest absolute Gasteiger partial charge is 0.342 e. The van der Waals surface area contributed by atoms with Crippen molar-refractivity contribution in [1.82, 2.24) is 20.2 Å². The highest BCUT2D eigenvalue weighted by Gasteiger charge is 2.30. The van der Waals surface area contributed by atoms with Gasteiger partial charge in [0.05, 0.1) is 17.7 Å². The molecule has 0 saturated heterocycles. The Kier molecular flexibility index (Phi) is 5.30. The van der Waals surface area contributed by atoms with E-state index in [0.29, 0.717) is 17.1 Å². The SMILES string of the molecule is Cn1ccnc1C(NC(=O)CC1NC(=O)c2ccccc2NC1=O)c1ccccc1. The molecule has 30 heavy (non-hydrogen) atoms. The number of carbonyl (C=O) groups excluding carboxylic acids is 3. The fourth-order valence-corrected chi connectivity index (χ4v) is 3.46. The van der Waals surface area contributed by atoms with Gasteiger partial charge in [0.1, 0.15) is 17.9 Å². The third-order valence-electron chi connectivity index (χ3n) is 5.00. The molecule has 1 aliphatic rings. The predicted molar refractivity (Wildman–Crippen MR) is 111 cm³/mol. The fraction of sp³-hybridized carbons (Fsp3) is 0.182. The van der Waals surface area contributed by atoms with Crippen LogP contribution in [0.4, 0.5) is 5.69 Å². The third-order valence-corrected chi connectivity index (χ3v) is 5.00. The van der Waals surface area contributed by atoms with Crippen molar-refractivity contribution in [2.24, 2.45) is 7.05 Å². The maximum atomic E-state index is 12.9. The summed E-state index contributed by atoms with van der Waals surface area (Å²) in [6, 6.07) is 14.7. The molecular formula is C22H21N5O3. The fourth-order valence-electron chi connectivity index (χ4n) is 3.46. The first-order valence-electron chi connectivity index (χ1n) is 9.55. The molecule has 0 saturated carbocycles. The van der Waals surface area contributed by atoms with E-state index in [-0.39, 0.29) is 12.3 Å². The van der Waals surface area contributed by atoms with Crippen molar-refractivity contribution in [2.45, 2.75) is 18.5 Å². The van der Waals surface area contributed by atoms with E-state index in [4.69, 9.17) is 0 Å². The van der Waals surface area contributed by atoms with Crippen LogP contribution in [0.1, 0.15) is 34.2 Å². The van der Waals surface area contributed by atoms with Crippen LogP contribution in [0.3, 0.4) is 0 Å². The Morgan fingerprint density at radius 1 is 1.13 bits per heavy atom. The number of imidazole rings is 1. The number of hydrogen-bond acceptors (Lipinski definition) is 4. The minimum Gasteiger partial charge on any atom is -0.342 e. The number of aromatic nitrogens is 2. The van der Waals surface area contributed by atoms with Crippen LogP contribution in [-0.2, 0) is 16.6 Å². The van der Waals surface area contributed by atoms with Crippen molar-refractivity contribution < 1.29 is 14.4 Å². The Morgan fingerprint density at radius 2 is 1.87 bits per heavy atom. The van der Waals surface area contributed by atoms with E-state index in [0.717, 1.165) is 5.56 Å². The lowest BCUT2D eigenvalue weighted by Gasteiger charge is -2.21. The minimum absolute atomic E-state index is 0.195. The Bertz CT molecular complexity index is 1090. The molecule has 0 spiro atoms. The highest BCUT2D eigenvalue weighted by Crippen LogP contribution is 2.22. The van der Waals surface area contributed by atoms with E-state index < -0.39 is 23.9 Å². The van der Waals surface area contributed by atoms with Crippen molar-refractivity contribution in [3.8, 4) is 0 Å². The van der Waals surface area contributed by atoms with Gasteiger partial charge in [-0.25, -0.2) is 4.98 Å². The summed E-state index contributed by atoms with van der Waals surface area (Å²) in [5, 5.41) is 8.30. The summed E-state index contributed by atoms with van der Waals surface area (Å²) in [4.78, 5) is 42.3. The molecule has 8 nitrogen and oxygen atoms in total. The summed E-state index contributed by atoms with van der Waals surface area (Å²) in [5.74, 6) is -0.545. The van der Waals surface area contributed by atoms with Gasteiger partial charge in [0, 0.05) is 19.4 Å². The molecule has 3 N–H and O–H groups in total. The van der Waals surface area contributed by atoms with Crippen molar-refractivity contribution in [3.63, 3.8) is 0 Å². The van der Waals surface area contributed by atoms with Crippen LogP contribution in [-0.4, -0.2) is 33.3 Å². The van der Waals surface area contributed by atoms with Crippen molar-refractivity contribution in [3.05, 3.63) is 83.9 Å². The Morgan fingerprint density at radius 3 is 2.60 bits per heavy atom. The maximum absolute atomic E-state index is 12.9. The number of benzene rings is 2. The molecule has 2 aromatic carbocycles. The number of rotatable bonds is 5. The molecule has 3 aromatic rings. The molecule has 1 aliphatic heterocycles. The van der Waals surface area contributed by atoms with Gasteiger partial charge in [0.15, 0.2) is 0 Å². The number of nitrogens with zero attached hydrogens (tertiary/aromatic N) is 2. The van der Waals surface area contributed by atoms with Crippen LogP contribution in [0.25, 0.3) is 0 Å². The maximum Gasteiger partial charge on any atom is 0.254 e. The van der Waals surface area contributed by atoms with Gasteiger partial charge in [0.25, 0.3) is 5.91 Å². The van der Waals surface area contributed by atoms with Gasteiger partial charge >= 0.3 is 0 Å². The topological polar surface area (TPSA) is 105 Å². The quantitative estimate of drug-likeness (QED) is 0.604. The standard InChI is InChI=1S/C22H21N5O3/c1-27-12-11-23-20(27)19(14-7-3-2-4-8-14)26-18(28)13-17-22(30)24-16-10-6-5-9-15(16)21(29)25-17/h2-12,17,19H,13H2,1H3,(H,24,30)(H,25,29)(H,26,28). The van der Waals surface area contributed by atoms with Crippen LogP contribution in [0.5, 0.6) is 0 Å². The summed E-state index contributed by atoms with van der Waals surface area (Å²) in [6.07, 6.45) is 3.26. The molecule has 0 fully saturated rings. The predicted octanol–water partition coefficient (Wildman–Crippen LogP) is 1.77. The molecular weight excluding hydrogens is 382 g/mol. The van der Waals surface area contributed by atoms with Gasteiger partial charge in [-0.15, -0.1) is 0 Å².